The molecule has 0 saturated carbocycles. The molecule has 1 aliphatic carbocycles. The Morgan fingerprint density at radius 2 is 1.88 bits per heavy atom. The van der Waals surface area contributed by atoms with E-state index in [4.69, 9.17) is 4.99 Å². The normalized spacial score (nSPS) is 22.1. The summed E-state index contributed by atoms with van der Waals surface area (Å²) in [6, 6.07) is 8.33. The minimum atomic E-state index is 0.00584. The third kappa shape index (κ3) is 3.34. The summed E-state index contributed by atoms with van der Waals surface area (Å²) in [7, 11) is 0. The maximum Gasteiger partial charge on any atom is 0.138 e. The molecule has 3 aliphatic rings. The SMILES string of the molecule is CCN1CCN(C2=Nc3ccccc3NC3=CC(C)(C)C=CC=C32)CC1. The molecule has 2 heterocycles. The number of para-hydroxylation sites is 2. The van der Waals surface area contributed by atoms with Gasteiger partial charge in [-0.25, -0.2) is 4.99 Å². The molecule has 0 amide bonds. The number of benzene rings is 1. The number of hydrogen-bond donors (Lipinski definition) is 1. The van der Waals surface area contributed by atoms with Gasteiger partial charge >= 0.3 is 0 Å². The number of anilines is 1. The smallest absolute Gasteiger partial charge is 0.138 e. The summed E-state index contributed by atoms with van der Waals surface area (Å²) in [6.45, 7) is 12.1. The molecule has 0 unspecified atom stereocenters. The molecule has 4 nitrogen and oxygen atoms in total. The monoisotopic (exact) mass is 348 g/mol. The van der Waals surface area contributed by atoms with Gasteiger partial charge < -0.3 is 15.1 Å². The van der Waals surface area contributed by atoms with Gasteiger partial charge in [0, 0.05) is 42.9 Å². The topological polar surface area (TPSA) is 30.9 Å². The number of fused-ring (bicyclic) bond motifs is 2. The molecular formula is C22H28N4. The van der Waals surface area contributed by atoms with Crippen LogP contribution in [0.15, 0.2) is 64.8 Å². The molecule has 1 saturated heterocycles. The van der Waals surface area contributed by atoms with Crippen molar-refractivity contribution in [2.75, 3.05) is 38.0 Å². The molecule has 1 aromatic rings. The first kappa shape index (κ1) is 17.1. The van der Waals surface area contributed by atoms with E-state index in [9.17, 15) is 0 Å². The number of hydrogen-bond acceptors (Lipinski definition) is 4. The van der Waals surface area contributed by atoms with Crippen molar-refractivity contribution in [2.24, 2.45) is 10.4 Å². The molecule has 0 bridgehead atoms. The molecule has 1 N–H and O–H groups in total. The van der Waals surface area contributed by atoms with Crippen LogP contribution in [-0.4, -0.2) is 48.4 Å². The molecular weight excluding hydrogens is 320 g/mol. The van der Waals surface area contributed by atoms with E-state index in [2.05, 4.69) is 84.5 Å². The highest BCUT2D eigenvalue weighted by Crippen LogP contribution is 2.36. The fourth-order valence-corrected chi connectivity index (χ4v) is 3.79. The molecule has 136 valence electrons. The third-order valence-electron chi connectivity index (χ3n) is 5.35. The van der Waals surface area contributed by atoms with Crippen LogP contribution >= 0.6 is 0 Å². The van der Waals surface area contributed by atoms with E-state index >= 15 is 0 Å². The lowest BCUT2D eigenvalue weighted by atomic mass is 9.92. The largest absolute Gasteiger partial charge is 0.353 e. The summed E-state index contributed by atoms with van der Waals surface area (Å²) in [5, 5.41) is 3.65. The molecule has 1 fully saturated rings. The van der Waals surface area contributed by atoms with Gasteiger partial charge in [0.15, 0.2) is 0 Å². The van der Waals surface area contributed by atoms with Gasteiger partial charge in [0.2, 0.25) is 0 Å². The maximum absolute atomic E-state index is 5.11. The molecule has 4 rings (SSSR count). The Morgan fingerprint density at radius 1 is 1.12 bits per heavy atom. The van der Waals surface area contributed by atoms with Gasteiger partial charge in [0.05, 0.1) is 11.4 Å². The van der Waals surface area contributed by atoms with Crippen LogP contribution in [0.4, 0.5) is 11.4 Å². The number of nitrogens with one attached hydrogen (secondary N) is 1. The fraction of sp³-hybridized carbons (Fsp3) is 0.409. The molecule has 4 heteroatoms. The zero-order valence-corrected chi connectivity index (χ0v) is 16.0. The van der Waals surface area contributed by atoms with Gasteiger partial charge in [-0.1, -0.05) is 51.1 Å². The quantitative estimate of drug-likeness (QED) is 0.826. The first-order valence-electron chi connectivity index (χ1n) is 9.61. The number of likely N-dealkylation sites (N-methyl/N-ethyl adjacent to an activating group) is 1. The van der Waals surface area contributed by atoms with Gasteiger partial charge in [-0.15, -0.1) is 0 Å². The van der Waals surface area contributed by atoms with Crippen LogP contribution in [0.1, 0.15) is 20.8 Å². The standard InChI is InChI=1S/C22H28N4/c1-4-25-12-14-26(15-13-25)21-17-8-7-11-22(2,3)16-20(17)23-18-9-5-6-10-19(18)24-21/h5-11,16,23H,4,12-15H2,1-3H3. The molecule has 26 heavy (non-hydrogen) atoms. The van der Waals surface area contributed by atoms with Crippen LogP contribution in [-0.2, 0) is 0 Å². The first-order chi connectivity index (χ1) is 12.6. The van der Waals surface area contributed by atoms with Crippen molar-refractivity contribution in [1.82, 2.24) is 9.80 Å². The van der Waals surface area contributed by atoms with Crippen molar-refractivity contribution in [3.8, 4) is 0 Å². The van der Waals surface area contributed by atoms with Gasteiger partial charge in [-0.05, 0) is 24.8 Å². The fourth-order valence-electron chi connectivity index (χ4n) is 3.79. The van der Waals surface area contributed by atoms with Crippen LogP contribution in [0.5, 0.6) is 0 Å². The zero-order chi connectivity index (χ0) is 18.1. The minimum Gasteiger partial charge on any atom is -0.353 e. The second-order valence-electron chi connectivity index (χ2n) is 7.82. The third-order valence-corrected chi connectivity index (χ3v) is 5.35. The van der Waals surface area contributed by atoms with E-state index in [0.29, 0.717) is 0 Å². The number of nitrogens with zero attached hydrogens (tertiary/aromatic N) is 3. The van der Waals surface area contributed by atoms with Crippen molar-refractivity contribution < 1.29 is 0 Å². The lowest BCUT2D eigenvalue weighted by Gasteiger charge is -2.36. The van der Waals surface area contributed by atoms with E-state index in [1.165, 1.54) is 5.57 Å². The van der Waals surface area contributed by atoms with Crippen molar-refractivity contribution in [3.05, 3.63) is 59.8 Å². The predicted molar refractivity (Wildman–Crippen MR) is 110 cm³/mol. The summed E-state index contributed by atoms with van der Waals surface area (Å²) in [6.07, 6.45) is 8.96. The van der Waals surface area contributed by atoms with Gasteiger partial charge in [0.25, 0.3) is 0 Å². The van der Waals surface area contributed by atoms with E-state index in [1.54, 1.807) is 0 Å². The Morgan fingerprint density at radius 3 is 2.65 bits per heavy atom. The van der Waals surface area contributed by atoms with E-state index < -0.39 is 0 Å². The Bertz CT molecular complexity index is 805. The summed E-state index contributed by atoms with van der Waals surface area (Å²) in [4.78, 5) is 10.1. The van der Waals surface area contributed by atoms with Crippen molar-refractivity contribution in [3.63, 3.8) is 0 Å². The highest BCUT2D eigenvalue weighted by atomic mass is 15.3. The van der Waals surface area contributed by atoms with Crippen LogP contribution in [0.2, 0.25) is 0 Å². The first-order valence-corrected chi connectivity index (χ1v) is 9.61. The Hall–Kier alpha value is -2.33. The summed E-state index contributed by atoms with van der Waals surface area (Å²) in [5.41, 5.74) is 4.43. The average molecular weight is 348 g/mol. The summed E-state index contributed by atoms with van der Waals surface area (Å²) in [5.74, 6) is 1.09. The number of piperazine rings is 1. The Kier molecular flexibility index (Phi) is 4.45. The Balaban J connectivity index is 1.78. The zero-order valence-electron chi connectivity index (χ0n) is 16.0. The van der Waals surface area contributed by atoms with Crippen LogP contribution < -0.4 is 5.32 Å². The predicted octanol–water partition coefficient (Wildman–Crippen LogP) is 4.19. The average Bonchev–Trinajstić information content (AvgIpc) is 2.87. The molecule has 1 aromatic carbocycles. The van der Waals surface area contributed by atoms with Gasteiger partial charge in [-0.2, -0.15) is 0 Å². The number of aliphatic imine (C=N–C) groups is 1. The van der Waals surface area contributed by atoms with Crippen LogP contribution in [0.3, 0.4) is 0 Å². The Labute approximate surface area is 156 Å². The maximum atomic E-state index is 5.11. The van der Waals surface area contributed by atoms with Crippen LogP contribution in [0.25, 0.3) is 0 Å². The highest BCUT2D eigenvalue weighted by Gasteiger charge is 2.28. The van der Waals surface area contributed by atoms with Crippen molar-refractivity contribution >= 4 is 17.2 Å². The number of rotatable bonds is 1. The molecule has 0 radical (unpaired) electrons. The molecule has 0 atom stereocenters. The lowest BCUT2D eigenvalue weighted by Crippen LogP contribution is -2.49. The van der Waals surface area contributed by atoms with E-state index in [-0.39, 0.29) is 5.41 Å². The summed E-state index contributed by atoms with van der Waals surface area (Å²) >= 11 is 0. The van der Waals surface area contributed by atoms with Crippen molar-refractivity contribution in [2.45, 2.75) is 20.8 Å². The minimum absolute atomic E-state index is 0.00584. The van der Waals surface area contributed by atoms with E-state index in [1.807, 2.05) is 0 Å². The van der Waals surface area contributed by atoms with E-state index in [0.717, 1.165) is 55.6 Å². The molecule has 0 spiro atoms. The highest BCUT2D eigenvalue weighted by molar-refractivity contribution is 6.06. The summed E-state index contributed by atoms with van der Waals surface area (Å²) < 4.78 is 0. The number of allylic oxidation sites excluding steroid dienone is 4. The van der Waals surface area contributed by atoms with Gasteiger partial charge in [-0.3, -0.25) is 0 Å². The molecule has 0 aromatic heterocycles. The molecule has 2 aliphatic heterocycles. The second-order valence-corrected chi connectivity index (χ2v) is 7.82. The lowest BCUT2D eigenvalue weighted by molar-refractivity contribution is 0.190. The van der Waals surface area contributed by atoms with Gasteiger partial charge in [0.1, 0.15) is 5.84 Å². The second kappa shape index (κ2) is 6.76. The van der Waals surface area contributed by atoms with Crippen molar-refractivity contribution in [1.29, 1.82) is 0 Å². The number of amidine groups is 1. The van der Waals surface area contributed by atoms with Crippen LogP contribution in [0, 0.1) is 5.41 Å².